The van der Waals surface area contributed by atoms with Crippen LogP contribution in [-0.4, -0.2) is 37.1 Å². The topological polar surface area (TPSA) is 15.3 Å². The van der Waals surface area contributed by atoms with Gasteiger partial charge < -0.3 is 5.32 Å². The SMILES string of the molecule is CC1CNCC(C)CN(C2CCC(C)C2C)C1. The van der Waals surface area contributed by atoms with Gasteiger partial charge in [-0.05, 0) is 49.6 Å². The predicted octanol–water partition coefficient (Wildman–Crippen LogP) is 2.60. The van der Waals surface area contributed by atoms with Crippen LogP contribution in [0.5, 0.6) is 0 Å². The summed E-state index contributed by atoms with van der Waals surface area (Å²) in [5, 5.41) is 3.59. The van der Waals surface area contributed by atoms with Crippen LogP contribution in [-0.2, 0) is 0 Å². The molecule has 1 saturated carbocycles. The molecule has 5 atom stereocenters. The van der Waals surface area contributed by atoms with Crippen molar-refractivity contribution in [2.45, 2.75) is 46.6 Å². The molecule has 0 aromatic heterocycles. The van der Waals surface area contributed by atoms with Gasteiger partial charge in [0.1, 0.15) is 0 Å². The number of nitrogens with zero attached hydrogens (tertiary/aromatic N) is 1. The monoisotopic (exact) mass is 238 g/mol. The summed E-state index contributed by atoms with van der Waals surface area (Å²) in [5.41, 5.74) is 0. The maximum atomic E-state index is 3.59. The van der Waals surface area contributed by atoms with E-state index in [1.807, 2.05) is 0 Å². The Hall–Kier alpha value is -0.0800. The van der Waals surface area contributed by atoms with E-state index in [2.05, 4.69) is 37.9 Å². The fraction of sp³-hybridized carbons (Fsp3) is 1.00. The third-order valence-electron chi connectivity index (χ3n) is 4.97. The van der Waals surface area contributed by atoms with E-state index in [0.29, 0.717) is 0 Å². The van der Waals surface area contributed by atoms with Gasteiger partial charge in [0.25, 0.3) is 0 Å². The molecule has 2 nitrogen and oxygen atoms in total. The van der Waals surface area contributed by atoms with Gasteiger partial charge in [-0.1, -0.05) is 27.7 Å². The molecule has 1 heterocycles. The molecule has 2 aliphatic rings. The summed E-state index contributed by atoms with van der Waals surface area (Å²) >= 11 is 0. The minimum absolute atomic E-state index is 0.797. The minimum atomic E-state index is 0.797. The maximum absolute atomic E-state index is 3.59. The third kappa shape index (κ3) is 3.23. The van der Waals surface area contributed by atoms with E-state index in [0.717, 1.165) is 29.7 Å². The van der Waals surface area contributed by atoms with Crippen LogP contribution in [0.25, 0.3) is 0 Å². The van der Waals surface area contributed by atoms with E-state index in [1.54, 1.807) is 0 Å². The van der Waals surface area contributed by atoms with Crippen LogP contribution in [0.4, 0.5) is 0 Å². The molecule has 0 spiro atoms. The zero-order valence-corrected chi connectivity index (χ0v) is 12.1. The Morgan fingerprint density at radius 2 is 1.47 bits per heavy atom. The van der Waals surface area contributed by atoms with E-state index >= 15 is 0 Å². The van der Waals surface area contributed by atoms with Gasteiger partial charge in [0.15, 0.2) is 0 Å². The summed E-state index contributed by atoms with van der Waals surface area (Å²) < 4.78 is 0. The van der Waals surface area contributed by atoms with Crippen LogP contribution in [0, 0.1) is 23.7 Å². The van der Waals surface area contributed by atoms with Gasteiger partial charge in [-0.3, -0.25) is 4.90 Å². The van der Waals surface area contributed by atoms with Crippen LogP contribution in [0.1, 0.15) is 40.5 Å². The Bertz CT molecular complexity index is 229. The van der Waals surface area contributed by atoms with Crippen molar-refractivity contribution >= 4 is 0 Å². The molecule has 0 radical (unpaired) electrons. The van der Waals surface area contributed by atoms with Gasteiger partial charge in [0.2, 0.25) is 0 Å². The summed E-state index contributed by atoms with van der Waals surface area (Å²) in [7, 11) is 0. The van der Waals surface area contributed by atoms with Gasteiger partial charge in [-0.15, -0.1) is 0 Å². The highest BCUT2D eigenvalue weighted by atomic mass is 15.2. The summed E-state index contributed by atoms with van der Waals surface area (Å²) in [5.74, 6) is 3.41. The lowest BCUT2D eigenvalue weighted by atomic mass is 9.94. The van der Waals surface area contributed by atoms with Crippen LogP contribution in [0.2, 0.25) is 0 Å². The van der Waals surface area contributed by atoms with Crippen molar-refractivity contribution in [3.63, 3.8) is 0 Å². The smallest absolute Gasteiger partial charge is 0.0124 e. The van der Waals surface area contributed by atoms with Gasteiger partial charge in [0, 0.05) is 19.1 Å². The highest BCUT2D eigenvalue weighted by Gasteiger charge is 2.35. The van der Waals surface area contributed by atoms with Crippen LogP contribution in [0.15, 0.2) is 0 Å². The zero-order chi connectivity index (χ0) is 12.4. The Morgan fingerprint density at radius 1 is 0.882 bits per heavy atom. The molecule has 0 bridgehead atoms. The van der Waals surface area contributed by atoms with Crippen LogP contribution >= 0.6 is 0 Å². The second kappa shape index (κ2) is 5.71. The molecule has 1 N–H and O–H groups in total. The highest BCUT2D eigenvalue weighted by molar-refractivity contribution is 4.89. The normalized spacial score (nSPS) is 45.5. The Kier molecular flexibility index (Phi) is 4.48. The van der Waals surface area contributed by atoms with Gasteiger partial charge >= 0.3 is 0 Å². The molecule has 0 amide bonds. The van der Waals surface area contributed by atoms with E-state index in [9.17, 15) is 0 Å². The minimum Gasteiger partial charge on any atom is -0.316 e. The molecule has 2 heteroatoms. The molecule has 1 aliphatic heterocycles. The molecular weight excluding hydrogens is 208 g/mol. The Labute approximate surface area is 107 Å². The van der Waals surface area contributed by atoms with E-state index in [1.165, 1.54) is 39.0 Å². The molecule has 1 saturated heterocycles. The lowest BCUT2D eigenvalue weighted by Gasteiger charge is -2.38. The molecule has 0 aromatic carbocycles. The molecule has 1 aliphatic carbocycles. The number of hydrogen-bond acceptors (Lipinski definition) is 2. The van der Waals surface area contributed by atoms with Crippen molar-refractivity contribution in [2.75, 3.05) is 26.2 Å². The summed E-state index contributed by atoms with van der Waals surface area (Å²) in [6.07, 6.45) is 2.86. The van der Waals surface area contributed by atoms with Crippen molar-refractivity contribution in [1.29, 1.82) is 0 Å². The van der Waals surface area contributed by atoms with E-state index < -0.39 is 0 Å². The quantitative estimate of drug-likeness (QED) is 0.755. The molecular formula is C15H30N2. The lowest BCUT2D eigenvalue weighted by molar-refractivity contribution is 0.107. The highest BCUT2D eigenvalue weighted by Crippen LogP contribution is 2.35. The lowest BCUT2D eigenvalue weighted by Crippen LogP contribution is -2.48. The molecule has 100 valence electrons. The third-order valence-corrected chi connectivity index (χ3v) is 4.97. The van der Waals surface area contributed by atoms with Gasteiger partial charge in [-0.25, -0.2) is 0 Å². The summed E-state index contributed by atoms with van der Waals surface area (Å²) in [4.78, 5) is 2.81. The van der Waals surface area contributed by atoms with Gasteiger partial charge in [0.05, 0.1) is 0 Å². The van der Waals surface area contributed by atoms with Crippen LogP contribution in [0.3, 0.4) is 0 Å². The first-order chi connectivity index (χ1) is 8.08. The Morgan fingerprint density at radius 3 is 1.94 bits per heavy atom. The molecule has 2 rings (SSSR count). The van der Waals surface area contributed by atoms with Crippen molar-refractivity contribution in [1.82, 2.24) is 10.2 Å². The van der Waals surface area contributed by atoms with Gasteiger partial charge in [-0.2, -0.15) is 0 Å². The number of nitrogens with one attached hydrogen (secondary N) is 1. The molecule has 0 aromatic rings. The largest absolute Gasteiger partial charge is 0.316 e. The Balaban J connectivity index is 2.00. The fourth-order valence-electron chi connectivity index (χ4n) is 3.70. The number of rotatable bonds is 1. The summed E-state index contributed by atoms with van der Waals surface area (Å²) in [6.45, 7) is 14.6. The molecule has 17 heavy (non-hydrogen) atoms. The zero-order valence-electron chi connectivity index (χ0n) is 12.1. The standard InChI is InChI=1S/C15H30N2/c1-11-7-16-8-12(2)10-17(9-11)15-6-5-13(3)14(15)4/h11-16H,5-10H2,1-4H3. The van der Waals surface area contributed by atoms with Crippen molar-refractivity contribution in [3.8, 4) is 0 Å². The first-order valence-electron chi connectivity index (χ1n) is 7.52. The predicted molar refractivity (Wildman–Crippen MR) is 74.1 cm³/mol. The fourth-order valence-corrected chi connectivity index (χ4v) is 3.70. The molecule has 2 fully saturated rings. The van der Waals surface area contributed by atoms with Crippen molar-refractivity contribution in [3.05, 3.63) is 0 Å². The average Bonchev–Trinajstić information content (AvgIpc) is 2.56. The first kappa shape index (κ1) is 13.4. The molecule has 5 unspecified atom stereocenters. The van der Waals surface area contributed by atoms with E-state index in [-0.39, 0.29) is 0 Å². The maximum Gasteiger partial charge on any atom is 0.0124 e. The van der Waals surface area contributed by atoms with E-state index in [4.69, 9.17) is 0 Å². The van der Waals surface area contributed by atoms with Crippen LogP contribution < -0.4 is 5.32 Å². The number of hydrogen-bond donors (Lipinski definition) is 1. The summed E-state index contributed by atoms with van der Waals surface area (Å²) in [6, 6.07) is 0.855. The average molecular weight is 238 g/mol. The first-order valence-corrected chi connectivity index (χ1v) is 7.52. The van der Waals surface area contributed by atoms with Crippen molar-refractivity contribution < 1.29 is 0 Å². The second-order valence-corrected chi connectivity index (χ2v) is 6.80. The van der Waals surface area contributed by atoms with Crippen molar-refractivity contribution in [2.24, 2.45) is 23.7 Å². The second-order valence-electron chi connectivity index (χ2n) is 6.80.